The van der Waals surface area contributed by atoms with E-state index in [9.17, 15) is 14.7 Å². The van der Waals surface area contributed by atoms with Crippen LogP contribution in [-0.2, 0) is 14.3 Å². The van der Waals surface area contributed by atoms with Gasteiger partial charge in [-0.25, -0.2) is 0 Å². The maximum Gasteiger partial charge on any atom is 0.324 e. The van der Waals surface area contributed by atoms with Crippen LogP contribution in [-0.4, -0.2) is 34.2 Å². The van der Waals surface area contributed by atoms with Crippen LogP contribution >= 0.6 is 11.8 Å². The summed E-state index contributed by atoms with van der Waals surface area (Å²) in [6.07, 6.45) is 0.621. The third kappa shape index (κ3) is 4.71. The third-order valence-corrected chi connectivity index (χ3v) is 4.67. The summed E-state index contributed by atoms with van der Waals surface area (Å²) >= 11 is 1.49. The van der Waals surface area contributed by atoms with Crippen molar-refractivity contribution in [2.24, 2.45) is 11.3 Å². The molecule has 0 rings (SSSR count). The molecule has 0 radical (unpaired) electrons. The largest absolute Gasteiger partial charge is 0.480 e. The predicted octanol–water partition coefficient (Wildman–Crippen LogP) is 3.20. The molecule has 112 valence electrons. The number of thioether (sulfide) groups is 1. The fourth-order valence-corrected chi connectivity index (χ4v) is 2.89. The maximum absolute atomic E-state index is 12.2. The molecule has 0 spiro atoms. The van der Waals surface area contributed by atoms with E-state index >= 15 is 0 Å². The van der Waals surface area contributed by atoms with Crippen molar-refractivity contribution in [2.75, 3.05) is 12.4 Å². The van der Waals surface area contributed by atoms with Crippen LogP contribution in [0.15, 0.2) is 0 Å². The molecule has 0 bridgehead atoms. The minimum Gasteiger partial charge on any atom is -0.480 e. The second-order valence-corrected chi connectivity index (χ2v) is 7.51. The molecule has 19 heavy (non-hydrogen) atoms. The summed E-state index contributed by atoms with van der Waals surface area (Å²) in [7, 11) is 0. The Balaban J connectivity index is 5.39. The average molecular weight is 290 g/mol. The van der Waals surface area contributed by atoms with Crippen molar-refractivity contribution in [3.8, 4) is 0 Å². The first kappa shape index (κ1) is 18.3. The highest BCUT2D eigenvalue weighted by Crippen LogP contribution is 2.39. The minimum absolute atomic E-state index is 0.0966. The summed E-state index contributed by atoms with van der Waals surface area (Å²) in [5.74, 6) is -1.73. The van der Waals surface area contributed by atoms with Crippen molar-refractivity contribution in [2.45, 2.75) is 52.7 Å². The lowest BCUT2D eigenvalue weighted by Gasteiger charge is -2.34. The van der Waals surface area contributed by atoms with Crippen LogP contribution < -0.4 is 0 Å². The summed E-state index contributed by atoms with van der Waals surface area (Å²) in [5, 5.41) is 9.61. The van der Waals surface area contributed by atoms with Crippen LogP contribution in [0.3, 0.4) is 0 Å². The van der Waals surface area contributed by atoms with Crippen LogP contribution in [0, 0.1) is 11.3 Å². The van der Waals surface area contributed by atoms with Gasteiger partial charge in [0, 0.05) is 10.5 Å². The molecule has 4 nitrogen and oxygen atoms in total. The highest BCUT2D eigenvalue weighted by atomic mass is 32.2. The molecule has 5 heteroatoms. The fraction of sp³-hybridized carbons (Fsp3) is 0.857. The lowest BCUT2D eigenvalue weighted by atomic mass is 9.76. The van der Waals surface area contributed by atoms with Crippen LogP contribution in [0.25, 0.3) is 0 Å². The predicted molar refractivity (Wildman–Crippen MR) is 78.4 cm³/mol. The van der Waals surface area contributed by atoms with E-state index in [-0.39, 0.29) is 23.0 Å². The number of hydrogen-bond acceptors (Lipinski definition) is 4. The van der Waals surface area contributed by atoms with Crippen molar-refractivity contribution >= 4 is 23.7 Å². The molecule has 2 unspecified atom stereocenters. The Kier molecular flexibility index (Phi) is 6.91. The summed E-state index contributed by atoms with van der Waals surface area (Å²) in [4.78, 5) is 23.9. The van der Waals surface area contributed by atoms with Gasteiger partial charge in [0.05, 0.1) is 6.61 Å². The molecule has 2 atom stereocenters. The van der Waals surface area contributed by atoms with Gasteiger partial charge in [-0.15, -0.1) is 0 Å². The molecule has 0 amide bonds. The molecule has 0 aromatic heterocycles. The number of hydrogen-bond donors (Lipinski definition) is 1. The average Bonchev–Trinajstić information content (AvgIpc) is 2.27. The molecule has 0 aromatic rings. The smallest absolute Gasteiger partial charge is 0.324 e. The summed E-state index contributed by atoms with van der Waals surface area (Å²) in [6, 6.07) is 0. The zero-order valence-corrected chi connectivity index (χ0v) is 13.6. The lowest BCUT2D eigenvalue weighted by molar-refractivity contribution is -0.170. The topological polar surface area (TPSA) is 63.6 Å². The normalized spacial score (nSPS) is 16.5. The van der Waals surface area contributed by atoms with E-state index in [0.717, 1.165) is 0 Å². The van der Waals surface area contributed by atoms with E-state index in [1.807, 2.05) is 27.7 Å². The van der Waals surface area contributed by atoms with Gasteiger partial charge < -0.3 is 9.84 Å². The molecule has 0 aliphatic carbocycles. The van der Waals surface area contributed by atoms with E-state index in [1.54, 1.807) is 13.8 Å². The van der Waals surface area contributed by atoms with E-state index in [2.05, 4.69) is 0 Å². The van der Waals surface area contributed by atoms with Crippen LogP contribution in [0.4, 0.5) is 0 Å². The number of aliphatic carboxylic acids is 1. The molecule has 0 heterocycles. The van der Waals surface area contributed by atoms with E-state index < -0.39 is 17.4 Å². The summed E-state index contributed by atoms with van der Waals surface area (Å²) in [6.45, 7) is 11.6. The molecule has 0 aromatic carbocycles. The van der Waals surface area contributed by atoms with Crippen LogP contribution in [0.2, 0.25) is 0 Å². The lowest BCUT2D eigenvalue weighted by Crippen LogP contribution is -2.48. The Morgan fingerprint density at radius 1 is 1.26 bits per heavy atom. The van der Waals surface area contributed by atoms with Crippen molar-refractivity contribution < 1.29 is 19.4 Å². The number of carboxylic acids is 1. The highest BCUT2D eigenvalue weighted by molar-refractivity contribution is 8.00. The van der Waals surface area contributed by atoms with Gasteiger partial charge in [-0.3, -0.25) is 9.59 Å². The minimum atomic E-state index is -1.46. The Labute approximate surface area is 120 Å². The summed E-state index contributed by atoms with van der Waals surface area (Å²) in [5.41, 5.74) is -1.46. The van der Waals surface area contributed by atoms with Crippen molar-refractivity contribution in [1.82, 2.24) is 0 Å². The number of carboxylic acid groups (broad SMARTS) is 1. The first-order chi connectivity index (χ1) is 8.61. The van der Waals surface area contributed by atoms with Gasteiger partial charge in [0.25, 0.3) is 0 Å². The number of carbonyl (C=O) groups excluding carboxylic acids is 1. The monoisotopic (exact) mass is 290 g/mol. The zero-order valence-electron chi connectivity index (χ0n) is 12.8. The Morgan fingerprint density at radius 3 is 2.11 bits per heavy atom. The second kappa shape index (κ2) is 7.17. The van der Waals surface area contributed by atoms with Gasteiger partial charge in [-0.05, 0) is 12.8 Å². The molecule has 0 aliphatic heterocycles. The molecule has 0 aliphatic rings. The van der Waals surface area contributed by atoms with Gasteiger partial charge in [-0.2, -0.15) is 11.8 Å². The maximum atomic E-state index is 12.2. The van der Waals surface area contributed by atoms with Crippen molar-refractivity contribution in [3.63, 3.8) is 0 Å². The van der Waals surface area contributed by atoms with Gasteiger partial charge in [-0.1, -0.05) is 41.0 Å². The van der Waals surface area contributed by atoms with Crippen molar-refractivity contribution in [3.05, 3.63) is 0 Å². The molecule has 0 saturated heterocycles. The van der Waals surface area contributed by atoms with Gasteiger partial charge >= 0.3 is 11.9 Å². The zero-order chi connectivity index (χ0) is 15.3. The molecule has 0 saturated carbocycles. The standard InChI is InChI=1S/C14H26O4S/c1-7-10(3)14(11(15)16,12(17)18-8-2)9-19-13(4,5)6/h10H,7-9H2,1-6H3,(H,15,16). The SMILES string of the molecule is CCOC(=O)C(CSC(C)(C)C)(C(=O)O)C(C)CC. The van der Waals surface area contributed by atoms with Crippen LogP contribution in [0.5, 0.6) is 0 Å². The molecular weight excluding hydrogens is 264 g/mol. The molecule has 1 N–H and O–H groups in total. The van der Waals surface area contributed by atoms with E-state index in [1.165, 1.54) is 11.8 Å². The Morgan fingerprint density at radius 2 is 1.79 bits per heavy atom. The molecular formula is C14H26O4S. The number of rotatable bonds is 7. The third-order valence-electron chi connectivity index (χ3n) is 3.21. The van der Waals surface area contributed by atoms with Gasteiger partial charge in [0.15, 0.2) is 5.41 Å². The number of ether oxygens (including phenoxy) is 1. The molecule has 0 fully saturated rings. The first-order valence-corrected chi connectivity index (χ1v) is 7.65. The number of carbonyl (C=O) groups is 2. The Hall–Kier alpha value is -0.710. The Bertz CT molecular complexity index is 322. The second-order valence-electron chi connectivity index (χ2n) is 5.71. The van der Waals surface area contributed by atoms with Crippen LogP contribution in [0.1, 0.15) is 48.0 Å². The van der Waals surface area contributed by atoms with Gasteiger partial charge in [0.2, 0.25) is 0 Å². The highest BCUT2D eigenvalue weighted by Gasteiger charge is 2.52. The van der Waals surface area contributed by atoms with E-state index in [0.29, 0.717) is 6.42 Å². The summed E-state index contributed by atoms with van der Waals surface area (Å²) < 4.78 is 4.93. The van der Waals surface area contributed by atoms with E-state index in [4.69, 9.17) is 4.74 Å². The fourth-order valence-electron chi connectivity index (χ4n) is 1.70. The first-order valence-electron chi connectivity index (χ1n) is 6.66. The van der Waals surface area contributed by atoms with Crippen molar-refractivity contribution in [1.29, 1.82) is 0 Å². The number of esters is 1. The quantitative estimate of drug-likeness (QED) is 0.576. The van der Waals surface area contributed by atoms with Gasteiger partial charge in [0.1, 0.15) is 0 Å².